The van der Waals surface area contributed by atoms with Crippen LogP contribution in [0.2, 0.25) is 0 Å². The Labute approximate surface area is 141 Å². The molecule has 126 valence electrons. The molecular formula is C18H13F3N4. The fourth-order valence-corrected chi connectivity index (χ4v) is 3.00. The third-order valence-corrected chi connectivity index (χ3v) is 4.14. The number of alkyl halides is 3. The molecule has 1 aliphatic rings. The van der Waals surface area contributed by atoms with Crippen LogP contribution in [0.15, 0.2) is 53.5 Å². The molecule has 25 heavy (non-hydrogen) atoms. The number of nitrogens with zero attached hydrogens (tertiary/aromatic N) is 4. The predicted molar refractivity (Wildman–Crippen MR) is 86.9 cm³/mol. The fraction of sp³-hybridized carbons (Fsp3) is 0.167. The average Bonchev–Trinajstić information content (AvgIpc) is 2.87. The molecule has 4 rings (SSSR count). The van der Waals surface area contributed by atoms with Crippen LogP contribution in [0.3, 0.4) is 0 Å². The van der Waals surface area contributed by atoms with E-state index in [4.69, 9.17) is 0 Å². The van der Waals surface area contributed by atoms with Crippen LogP contribution in [-0.4, -0.2) is 20.5 Å². The van der Waals surface area contributed by atoms with E-state index in [0.717, 1.165) is 17.7 Å². The van der Waals surface area contributed by atoms with Crippen LogP contribution in [0.5, 0.6) is 0 Å². The molecule has 0 aliphatic carbocycles. The lowest BCUT2D eigenvalue weighted by Crippen LogP contribution is -2.12. The van der Waals surface area contributed by atoms with Crippen molar-refractivity contribution in [3.05, 3.63) is 76.9 Å². The summed E-state index contributed by atoms with van der Waals surface area (Å²) in [5.74, 6) is 1.21. The van der Waals surface area contributed by atoms with Crippen LogP contribution >= 0.6 is 0 Å². The Kier molecular flexibility index (Phi) is 3.45. The Balaban J connectivity index is 2.01. The standard InChI is InChI=1S/C18H13F3N4/c1-11-23-24-16-10-22-17(12-5-3-2-4-6-12)14-9-13(18(19,20)21)7-8-15(14)25(11)16/h2-9H,10H2,1H3. The number of fused-ring (bicyclic) bond motifs is 3. The lowest BCUT2D eigenvalue weighted by molar-refractivity contribution is -0.137. The molecule has 2 heterocycles. The highest BCUT2D eigenvalue weighted by Gasteiger charge is 2.32. The van der Waals surface area contributed by atoms with Crippen molar-refractivity contribution >= 4 is 5.71 Å². The number of aromatic nitrogens is 3. The highest BCUT2D eigenvalue weighted by Crippen LogP contribution is 2.34. The summed E-state index contributed by atoms with van der Waals surface area (Å²) >= 11 is 0. The monoisotopic (exact) mass is 342 g/mol. The molecule has 1 aliphatic heterocycles. The number of halogens is 3. The first-order valence-corrected chi connectivity index (χ1v) is 7.68. The van der Waals surface area contributed by atoms with E-state index in [0.29, 0.717) is 28.6 Å². The van der Waals surface area contributed by atoms with E-state index in [1.54, 1.807) is 11.5 Å². The Hall–Kier alpha value is -2.96. The minimum atomic E-state index is -4.42. The molecule has 0 fully saturated rings. The summed E-state index contributed by atoms with van der Waals surface area (Å²) < 4.78 is 41.5. The van der Waals surface area contributed by atoms with Crippen molar-refractivity contribution < 1.29 is 13.2 Å². The molecule has 0 radical (unpaired) electrons. The van der Waals surface area contributed by atoms with Crippen LogP contribution in [0, 0.1) is 6.92 Å². The van der Waals surface area contributed by atoms with Crippen molar-refractivity contribution in [2.75, 3.05) is 0 Å². The number of hydrogen-bond donors (Lipinski definition) is 0. The normalized spacial score (nSPS) is 13.7. The van der Waals surface area contributed by atoms with Crippen molar-refractivity contribution in [2.24, 2.45) is 4.99 Å². The topological polar surface area (TPSA) is 43.1 Å². The highest BCUT2D eigenvalue weighted by atomic mass is 19.4. The van der Waals surface area contributed by atoms with Crippen molar-refractivity contribution in [3.8, 4) is 5.69 Å². The van der Waals surface area contributed by atoms with Gasteiger partial charge in [-0.1, -0.05) is 30.3 Å². The van der Waals surface area contributed by atoms with Gasteiger partial charge in [0.05, 0.1) is 17.0 Å². The van der Waals surface area contributed by atoms with E-state index in [9.17, 15) is 13.2 Å². The van der Waals surface area contributed by atoms with E-state index < -0.39 is 11.7 Å². The molecule has 0 spiro atoms. The van der Waals surface area contributed by atoms with Gasteiger partial charge >= 0.3 is 6.18 Å². The first-order valence-electron chi connectivity index (χ1n) is 7.68. The molecule has 0 N–H and O–H groups in total. The first kappa shape index (κ1) is 15.6. The van der Waals surface area contributed by atoms with Gasteiger partial charge in [0.2, 0.25) is 0 Å². The minimum absolute atomic E-state index is 0.251. The molecule has 1 aromatic heterocycles. The largest absolute Gasteiger partial charge is 0.416 e. The summed E-state index contributed by atoms with van der Waals surface area (Å²) in [6, 6.07) is 12.9. The van der Waals surface area contributed by atoms with Gasteiger partial charge in [0.25, 0.3) is 0 Å². The van der Waals surface area contributed by atoms with E-state index >= 15 is 0 Å². The van der Waals surface area contributed by atoms with Crippen LogP contribution in [0.25, 0.3) is 5.69 Å². The molecule has 0 saturated carbocycles. The average molecular weight is 342 g/mol. The second-order valence-corrected chi connectivity index (χ2v) is 5.76. The van der Waals surface area contributed by atoms with Crippen molar-refractivity contribution in [1.29, 1.82) is 0 Å². The molecule has 0 amide bonds. The first-order chi connectivity index (χ1) is 11.9. The number of aryl methyl sites for hydroxylation is 1. The summed E-state index contributed by atoms with van der Waals surface area (Å²) in [6.07, 6.45) is -4.42. The van der Waals surface area contributed by atoms with E-state index in [1.165, 1.54) is 6.07 Å². The molecule has 2 aromatic carbocycles. The van der Waals surface area contributed by atoms with Gasteiger partial charge in [-0.05, 0) is 25.1 Å². The Morgan fingerprint density at radius 2 is 1.76 bits per heavy atom. The van der Waals surface area contributed by atoms with Crippen molar-refractivity contribution in [1.82, 2.24) is 14.8 Å². The summed E-state index contributed by atoms with van der Waals surface area (Å²) in [6.45, 7) is 2.02. The lowest BCUT2D eigenvalue weighted by atomic mass is 9.98. The Bertz CT molecular complexity index is 972. The van der Waals surface area contributed by atoms with Gasteiger partial charge in [0.1, 0.15) is 12.4 Å². The van der Waals surface area contributed by atoms with Crippen LogP contribution in [-0.2, 0) is 12.7 Å². The van der Waals surface area contributed by atoms with Crippen molar-refractivity contribution in [3.63, 3.8) is 0 Å². The predicted octanol–water partition coefficient (Wildman–Crippen LogP) is 3.95. The van der Waals surface area contributed by atoms with Gasteiger partial charge in [0, 0.05) is 11.1 Å². The molecule has 3 aromatic rings. The van der Waals surface area contributed by atoms with Gasteiger partial charge in [-0.3, -0.25) is 9.56 Å². The van der Waals surface area contributed by atoms with Crippen LogP contribution < -0.4 is 0 Å². The molecule has 0 saturated heterocycles. The molecular weight excluding hydrogens is 329 g/mol. The van der Waals surface area contributed by atoms with Gasteiger partial charge in [0.15, 0.2) is 5.82 Å². The van der Waals surface area contributed by atoms with Gasteiger partial charge in [-0.2, -0.15) is 13.2 Å². The van der Waals surface area contributed by atoms with Crippen molar-refractivity contribution in [2.45, 2.75) is 19.6 Å². The lowest BCUT2D eigenvalue weighted by Gasteiger charge is -2.15. The zero-order valence-electron chi connectivity index (χ0n) is 13.2. The van der Waals surface area contributed by atoms with Crippen LogP contribution in [0.4, 0.5) is 13.2 Å². The summed E-state index contributed by atoms with van der Waals surface area (Å²) in [5, 5.41) is 8.13. The van der Waals surface area contributed by atoms with E-state index in [2.05, 4.69) is 15.2 Å². The zero-order valence-corrected chi connectivity index (χ0v) is 13.2. The third kappa shape index (κ3) is 2.61. The maximum atomic E-state index is 13.2. The van der Waals surface area contributed by atoms with E-state index in [-0.39, 0.29) is 6.54 Å². The highest BCUT2D eigenvalue weighted by molar-refractivity contribution is 6.15. The van der Waals surface area contributed by atoms with Gasteiger partial charge in [-0.15, -0.1) is 10.2 Å². The van der Waals surface area contributed by atoms with E-state index in [1.807, 2.05) is 30.3 Å². The third-order valence-electron chi connectivity index (χ3n) is 4.14. The number of hydrogen-bond acceptors (Lipinski definition) is 3. The van der Waals surface area contributed by atoms with Gasteiger partial charge in [-0.25, -0.2) is 0 Å². The molecule has 0 atom stereocenters. The second kappa shape index (κ2) is 5.54. The second-order valence-electron chi connectivity index (χ2n) is 5.76. The molecule has 0 unspecified atom stereocenters. The number of aliphatic imine (C=N–C) groups is 1. The maximum Gasteiger partial charge on any atom is 0.416 e. The molecule has 7 heteroatoms. The van der Waals surface area contributed by atoms with Gasteiger partial charge < -0.3 is 0 Å². The quantitative estimate of drug-likeness (QED) is 0.672. The SMILES string of the molecule is Cc1nnc2n1-c1ccc(C(F)(F)F)cc1C(c1ccccc1)=NC2. The minimum Gasteiger partial charge on any atom is -0.281 e. The maximum absolute atomic E-state index is 13.2. The summed E-state index contributed by atoms with van der Waals surface area (Å²) in [7, 11) is 0. The molecule has 0 bridgehead atoms. The fourth-order valence-electron chi connectivity index (χ4n) is 3.00. The summed E-state index contributed by atoms with van der Waals surface area (Å²) in [4.78, 5) is 4.54. The zero-order chi connectivity index (χ0) is 17.6. The smallest absolute Gasteiger partial charge is 0.281 e. The Morgan fingerprint density at radius 3 is 2.48 bits per heavy atom. The number of rotatable bonds is 1. The van der Waals surface area contributed by atoms with Crippen LogP contribution in [0.1, 0.15) is 28.3 Å². The Morgan fingerprint density at radius 1 is 1.00 bits per heavy atom. The summed E-state index contributed by atoms with van der Waals surface area (Å²) in [5.41, 5.74) is 1.60. The molecule has 4 nitrogen and oxygen atoms in total. The number of benzene rings is 2.